The van der Waals surface area contributed by atoms with Gasteiger partial charge < -0.3 is 35.0 Å². The van der Waals surface area contributed by atoms with Gasteiger partial charge in [-0.2, -0.15) is 8.78 Å². The summed E-state index contributed by atoms with van der Waals surface area (Å²) in [6.07, 6.45) is -1.04. The molecule has 1 aromatic heterocycles. The van der Waals surface area contributed by atoms with Gasteiger partial charge >= 0.3 is 12.7 Å². The molecule has 3 aromatic rings. The third-order valence-corrected chi connectivity index (χ3v) is 6.41. The number of nitrogens with two attached hydrogens (primary N) is 1. The van der Waals surface area contributed by atoms with Crippen molar-refractivity contribution in [1.82, 2.24) is 15.6 Å². The van der Waals surface area contributed by atoms with Crippen molar-refractivity contribution in [2.45, 2.75) is 65.7 Å². The molecule has 1 atom stereocenters. The Morgan fingerprint density at radius 1 is 1.04 bits per heavy atom. The van der Waals surface area contributed by atoms with E-state index in [9.17, 15) is 31.9 Å². The highest BCUT2D eigenvalue weighted by atomic mass is 19.3. The van der Waals surface area contributed by atoms with Gasteiger partial charge in [0.05, 0.1) is 6.61 Å². The smallest absolute Gasteiger partial charge is 0.405 e. The van der Waals surface area contributed by atoms with Crippen LogP contribution in [0.5, 0.6) is 11.5 Å². The zero-order valence-electron chi connectivity index (χ0n) is 25.8. The lowest BCUT2D eigenvalue weighted by atomic mass is 9.88. The number of halogens is 4. The van der Waals surface area contributed by atoms with Crippen LogP contribution < -0.4 is 25.8 Å². The average molecular weight is 653 g/mol. The van der Waals surface area contributed by atoms with Gasteiger partial charge in [-0.3, -0.25) is 9.59 Å². The first-order valence-corrected chi connectivity index (χ1v) is 14.3. The highest BCUT2D eigenvalue weighted by molar-refractivity contribution is 5.94. The van der Waals surface area contributed by atoms with Gasteiger partial charge in [-0.05, 0) is 48.9 Å². The summed E-state index contributed by atoms with van der Waals surface area (Å²) in [5, 5.41) is 5.00. The fraction of sp³-hybridized carbons (Fsp3) is 0.419. The van der Waals surface area contributed by atoms with E-state index < -0.39 is 41.8 Å². The fourth-order valence-electron chi connectivity index (χ4n) is 4.29. The van der Waals surface area contributed by atoms with Gasteiger partial charge in [-0.15, -0.1) is 0 Å². The maximum Gasteiger partial charge on any atom is 0.405 e. The zero-order chi connectivity index (χ0) is 34.0. The Morgan fingerprint density at radius 3 is 2.41 bits per heavy atom. The maximum absolute atomic E-state index is 14.2. The Labute approximate surface area is 262 Å². The molecule has 0 saturated heterocycles. The van der Waals surface area contributed by atoms with Crippen LogP contribution in [0.4, 0.5) is 22.4 Å². The largest absolute Gasteiger partial charge is 0.490 e. The molecule has 3 rings (SSSR count). The number of primary amides is 1. The molecule has 15 heteroatoms. The summed E-state index contributed by atoms with van der Waals surface area (Å²) in [5.41, 5.74) is 4.70. The highest BCUT2D eigenvalue weighted by Gasteiger charge is 2.33. The number of rotatable bonds is 15. The van der Waals surface area contributed by atoms with Crippen LogP contribution in [-0.2, 0) is 16.1 Å². The summed E-state index contributed by atoms with van der Waals surface area (Å²) in [5.74, 6) is -3.38. The van der Waals surface area contributed by atoms with Gasteiger partial charge in [-0.1, -0.05) is 26.8 Å². The van der Waals surface area contributed by atoms with E-state index in [-0.39, 0.29) is 71.9 Å². The number of hydrogen-bond donors (Lipinski definition) is 3. The molecule has 0 fully saturated rings. The number of alkyl halides is 2. The van der Waals surface area contributed by atoms with E-state index in [0.29, 0.717) is 18.9 Å². The quantitative estimate of drug-likeness (QED) is 0.133. The van der Waals surface area contributed by atoms with Gasteiger partial charge in [0, 0.05) is 37.2 Å². The number of carbonyl (C=O) groups excluding carboxylic acids is 3. The summed E-state index contributed by atoms with van der Waals surface area (Å²) in [6.45, 7) is 2.10. The van der Waals surface area contributed by atoms with Gasteiger partial charge in [0.2, 0.25) is 11.8 Å². The van der Waals surface area contributed by atoms with Crippen molar-refractivity contribution < 1.29 is 50.6 Å². The van der Waals surface area contributed by atoms with Crippen LogP contribution in [0.2, 0.25) is 0 Å². The second-order valence-electron chi connectivity index (χ2n) is 11.4. The van der Waals surface area contributed by atoms with Crippen LogP contribution in [-0.4, -0.2) is 43.2 Å². The minimum Gasteiger partial charge on any atom is -0.490 e. The van der Waals surface area contributed by atoms with E-state index in [4.69, 9.17) is 19.6 Å². The zero-order valence-corrected chi connectivity index (χ0v) is 25.8. The van der Waals surface area contributed by atoms with E-state index in [0.717, 1.165) is 6.07 Å². The van der Waals surface area contributed by atoms with E-state index in [1.54, 1.807) is 0 Å². The van der Waals surface area contributed by atoms with Crippen LogP contribution >= 0.6 is 0 Å². The number of ether oxygens (including phenoxy) is 3. The molecule has 3 amide bonds. The fourth-order valence-corrected chi connectivity index (χ4v) is 4.29. The van der Waals surface area contributed by atoms with E-state index in [1.807, 2.05) is 20.8 Å². The number of carbonyl (C=O) groups is 3. The standard InChI is InChI=1S/C31H36F4N4O7/c1-31(2,3)15-23(45-30(36)42)26-25(27(41)38-16-18-8-10-19(32)14-20(18)33)39-28(46-26)17-9-11-21(44-29(34)35)22(13-17)43-12-6-5-7-24(40)37-4/h8-11,13-14,23,29H,5-7,12,15-16H2,1-4H3,(H2,36,42)(H,37,40)(H,38,41). The van der Waals surface area contributed by atoms with Gasteiger partial charge in [0.25, 0.3) is 5.91 Å². The monoisotopic (exact) mass is 652 g/mol. The topological polar surface area (TPSA) is 155 Å². The Hall–Kier alpha value is -4.82. The number of nitrogens with zero attached hydrogens (tertiary/aromatic N) is 1. The molecular formula is C31H36F4N4O7. The molecule has 0 bridgehead atoms. The van der Waals surface area contributed by atoms with Crippen molar-refractivity contribution in [1.29, 1.82) is 0 Å². The number of oxazole rings is 1. The predicted octanol–water partition coefficient (Wildman–Crippen LogP) is 6.02. The third kappa shape index (κ3) is 10.7. The molecule has 0 aliphatic rings. The van der Waals surface area contributed by atoms with Crippen molar-refractivity contribution in [3.8, 4) is 23.0 Å². The molecule has 0 radical (unpaired) electrons. The molecule has 250 valence electrons. The summed E-state index contributed by atoms with van der Waals surface area (Å²) in [7, 11) is 1.51. The van der Waals surface area contributed by atoms with Gasteiger partial charge in [0.1, 0.15) is 11.6 Å². The lowest BCUT2D eigenvalue weighted by molar-refractivity contribution is -0.120. The van der Waals surface area contributed by atoms with Crippen LogP contribution in [0.1, 0.15) is 74.4 Å². The van der Waals surface area contributed by atoms with Crippen LogP contribution in [0, 0.1) is 17.0 Å². The lowest BCUT2D eigenvalue weighted by Crippen LogP contribution is -2.27. The molecule has 1 unspecified atom stereocenters. The Balaban J connectivity index is 1.99. The van der Waals surface area contributed by atoms with Crippen LogP contribution in [0.3, 0.4) is 0 Å². The Morgan fingerprint density at radius 2 is 1.78 bits per heavy atom. The molecule has 0 saturated carbocycles. The van der Waals surface area contributed by atoms with Crippen molar-refractivity contribution in [2.24, 2.45) is 11.1 Å². The number of unbranched alkanes of at least 4 members (excludes halogenated alkanes) is 1. The molecule has 2 aromatic carbocycles. The Bertz CT molecular complexity index is 1520. The van der Waals surface area contributed by atoms with Gasteiger partial charge in [0.15, 0.2) is 29.1 Å². The molecular weight excluding hydrogens is 616 g/mol. The van der Waals surface area contributed by atoms with Crippen molar-refractivity contribution in [3.63, 3.8) is 0 Å². The average Bonchev–Trinajstić information content (AvgIpc) is 3.41. The molecule has 0 aliphatic heterocycles. The number of nitrogens with one attached hydrogen (secondary N) is 2. The van der Waals surface area contributed by atoms with Crippen LogP contribution in [0.15, 0.2) is 40.8 Å². The lowest BCUT2D eigenvalue weighted by Gasteiger charge is -2.24. The predicted molar refractivity (Wildman–Crippen MR) is 157 cm³/mol. The molecule has 4 N–H and O–H groups in total. The number of benzene rings is 2. The molecule has 46 heavy (non-hydrogen) atoms. The highest BCUT2D eigenvalue weighted by Crippen LogP contribution is 2.38. The number of hydrogen-bond acceptors (Lipinski definition) is 8. The number of aromatic nitrogens is 1. The van der Waals surface area contributed by atoms with Gasteiger partial charge in [-0.25, -0.2) is 18.6 Å². The summed E-state index contributed by atoms with van der Waals surface area (Å²) >= 11 is 0. The normalized spacial score (nSPS) is 12.0. The second-order valence-corrected chi connectivity index (χ2v) is 11.4. The maximum atomic E-state index is 14.2. The molecule has 11 nitrogen and oxygen atoms in total. The van der Waals surface area contributed by atoms with E-state index >= 15 is 0 Å². The second kappa shape index (κ2) is 16.0. The van der Waals surface area contributed by atoms with E-state index in [2.05, 4.69) is 20.4 Å². The van der Waals surface area contributed by atoms with E-state index in [1.165, 1.54) is 31.3 Å². The van der Waals surface area contributed by atoms with Crippen molar-refractivity contribution in [2.75, 3.05) is 13.7 Å². The third-order valence-electron chi connectivity index (χ3n) is 6.41. The number of amides is 3. The first-order chi connectivity index (χ1) is 21.7. The Kier molecular flexibility index (Phi) is 12.4. The summed E-state index contributed by atoms with van der Waals surface area (Å²) in [6, 6.07) is 6.73. The van der Waals surface area contributed by atoms with Crippen molar-refractivity contribution >= 4 is 17.9 Å². The first-order valence-electron chi connectivity index (χ1n) is 14.3. The minimum atomic E-state index is -3.15. The SMILES string of the molecule is CNC(=O)CCCCOc1cc(-c2nc(C(=O)NCc3ccc(F)cc3F)c(C(CC(C)(C)C)OC(N)=O)o2)ccc1OC(F)F. The summed E-state index contributed by atoms with van der Waals surface area (Å²) in [4.78, 5) is 41.0. The molecule has 0 spiro atoms. The summed E-state index contributed by atoms with van der Waals surface area (Å²) < 4.78 is 75.3. The first kappa shape index (κ1) is 35.7. The molecule has 1 heterocycles. The van der Waals surface area contributed by atoms with Crippen LogP contribution in [0.25, 0.3) is 11.5 Å². The minimum absolute atomic E-state index is 0.00798. The molecule has 0 aliphatic carbocycles. The van der Waals surface area contributed by atoms with Crippen molar-refractivity contribution in [3.05, 3.63) is 65.1 Å².